The molecule has 0 radical (unpaired) electrons. The van der Waals surface area contributed by atoms with Crippen LogP contribution in [0.3, 0.4) is 0 Å². The zero-order valence-electron chi connectivity index (χ0n) is 20.1. The number of carbonyl (C=O) groups is 3. The Labute approximate surface area is 219 Å². The van der Waals surface area contributed by atoms with Crippen LogP contribution >= 0.6 is 23.1 Å². The Hall–Kier alpha value is -3.77. The number of amides is 3. The van der Waals surface area contributed by atoms with Gasteiger partial charge in [0.05, 0.1) is 21.6 Å². The zero-order valence-corrected chi connectivity index (χ0v) is 21.7. The fraction of sp³-hybridized carbons (Fsp3) is 0.280. The van der Waals surface area contributed by atoms with Crippen molar-refractivity contribution < 1.29 is 19.3 Å². The van der Waals surface area contributed by atoms with E-state index in [1.807, 2.05) is 39.0 Å². The smallest absolute Gasteiger partial charge is 0.308 e. The topological polar surface area (TPSA) is 132 Å². The summed E-state index contributed by atoms with van der Waals surface area (Å²) in [6.45, 7) is 5.32. The Morgan fingerprint density at radius 2 is 1.81 bits per heavy atom. The first-order valence-electron chi connectivity index (χ1n) is 11.4. The normalized spacial score (nSPS) is 19.9. The molecule has 3 heterocycles. The lowest BCUT2D eigenvalue weighted by Gasteiger charge is -2.36. The second-order valence-corrected chi connectivity index (χ2v) is 11.6. The molecule has 1 saturated heterocycles. The number of rotatable bonds is 5. The van der Waals surface area contributed by atoms with E-state index >= 15 is 0 Å². The fourth-order valence-electron chi connectivity index (χ4n) is 4.81. The van der Waals surface area contributed by atoms with E-state index in [0.717, 1.165) is 33.6 Å². The number of non-ortho nitro benzene ring substituents is 1. The van der Waals surface area contributed by atoms with Gasteiger partial charge in [-0.3, -0.25) is 33.9 Å². The number of aromatic nitrogens is 1. The van der Waals surface area contributed by atoms with Crippen LogP contribution < -0.4 is 15.1 Å². The van der Waals surface area contributed by atoms with Crippen molar-refractivity contribution in [3.63, 3.8) is 0 Å². The summed E-state index contributed by atoms with van der Waals surface area (Å²) >= 11 is 2.10. The van der Waals surface area contributed by atoms with Gasteiger partial charge in [0, 0.05) is 28.1 Å². The molecule has 1 aromatic heterocycles. The molecule has 2 aromatic carbocycles. The molecule has 0 spiro atoms. The highest BCUT2D eigenvalue weighted by Gasteiger charge is 2.59. The number of thiazole rings is 1. The SMILES string of the molecule is Cc1cccc(NC(=O)Cn2c3c(sc2=O)C(C)(C)C2C(=O)N(c4ccc([N+](=O)[O-])cc4)C(=O)C2S3)c1. The lowest BCUT2D eigenvalue weighted by molar-refractivity contribution is -0.384. The van der Waals surface area contributed by atoms with E-state index in [-0.39, 0.29) is 28.7 Å². The number of fused-ring (bicyclic) bond motifs is 2. The molecule has 3 aromatic rings. The van der Waals surface area contributed by atoms with Crippen LogP contribution in [0.4, 0.5) is 17.1 Å². The Bertz CT molecular complexity index is 1520. The van der Waals surface area contributed by atoms with Crippen molar-refractivity contribution in [2.45, 2.75) is 43.0 Å². The number of thioether (sulfide) groups is 1. The van der Waals surface area contributed by atoms with Gasteiger partial charge < -0.3 is 5.32 Å². The van der Waals surface area contributed by atoms with Gasteiger partial charge in [-0.1, -0.05) is 49.1 Å². The van der Waals surface area contributed by atoms with Crippen LogP contribution in [0.2, 0.25) is 0 Å². The zero-order chi connectivity index (χ0) is 26.6. The summed E-state index contributed by atoms with van der Waals surface area (Å²) in [7, 11) is 0. The summed E-state index contributed by atoms with van der Waals surface area (Å²) in [6, 6.07) is 12.6. The van der Waals surface area contributed by atoms with Crippen LogP contribution in [0.15, 0.2) is 58.4 Å². The largest absolute Gasteiger partial charge is 0.325 e. The predicted molar refractivity (Wildman–Crippen MR) is 140 cm³/mol. The minimum Gasteiger partial charge on any atom is -0.325 e. The maximum Gasteiger partial charge on any atom is 0.308 e. The highest BCUT2D eigenvalue weighted by molar-refractivity contribution is 8.00. The third-order valence-corrected chi connectivity index (χ3v) is 9.45. The van der Waals surface area contributed by atoms with E-state index in [1.54, 1.807) is 6.07 Å². The quantitative estimate of drug-likeness (QED) is 0.298. The molecule has 1 fully saturated rings. The Morgan fingerprint density at radius 3 is 2.46 bits per heavy atom. The van der Waals surface area contributed by atoms with E-state index in [0.29, 0.717) is 15.6 Å². The van der Waals surface area contributed by atoms with Gasteiger partial charge >= 0.3 is 4.87 Å². The Kier molecular flexibility index (Phi) is 6.03. The summed E-state index contributed by atoms with van der Waals surface area (Å²) in [4.78, 5) is 64.5. The third-order valence-electron chi connectivity index (χ3n) is 6.63. The number of anilines is 2. The third kappa shape index (κ3) is 4.15. The van der Waals surface area contributed by atoms with Crippen molar-refractivity contribution in [1.82, 2.24) is 4.57 Å². The van der Waals surface area contributed by atoms with Crippen molar-refractivity contribution >= 4 is 57.9 Å². The molecule has 10 nitrogen and oxygen atoms in total. The average molecular weight is 539 g/mol. The van der Waals surface area contributed by atoms with Crippen LogP contribution in [0.1, 0.15) is 24.3 Å². The highest BCUT2D eigenvalue weighted by Crippen LogP contribution is 2.54. The molecule has 0 aliphatic carbocycles. The van der Waals surface area contributed by atoms with Crippen LogP contribution in [-0.4, -0.2) is 32.5 Å². The van der Waals surface area contributed by atoms with E-state index in [1.165, 1.54) is 28.8 Å². The summed E-state index contributed by atoms with van der Waals surface area (Å²) < 4.78 is 1.36. The van der Waals surface area contributed by atoms with Crippen molar-refractivity contribution in [3.8, 4) is 0 Å². The van der Waals surface area contributed by atoms with Gasteiger partial charge in [-0.05, 0) is 36.8 Å². The lowest BCUT2D eigenvalue weighted by atomic mass is 9.76. The average Bonchev–Trinajstić information content (AvgIpc) is 3.28. The van der Waals surface area contributed by atoms with E-state index < -0.39 is 33.3 Å². The van der Waals surface area contributed by atoms with Gasteiger partial charge in [-0.25, -0.2) is 4.90 Å². The molecule has 190 valence electrons. The van der Waals surface area contributed by atoms with E-state index in [2.05, 4.69) is 5.32 Å². The van der Waals surface area contributed by atoms with Gasteiger partial charge in [-0.2, -0.15) is 0 Å². The first-order valence-corrected chi connectivity index (χ1v) is 13.1. The molecule has 2 aliphatic heterocycles. The van der Waals surface area contributed by atoms with Crippen molar-refractivity contribution in [1.29, 1.82) is 0 Å². The van der Waals surface area contributed by atoms with Crippen LogP contribution in [0.5, 0.6) is 0 Å². The van der Waals surface area contributed by atoms with Crippen LogP contribution in [0, 0.1) is 23.0 Å². The fourth-order valence-corrected chi connectivity index (χ4v) is 7.85. The van der Waals surface area contributed by atoms with Crippen molar-refractivity contribution in [2.75, 3.05) is 10.2 Å². The number of hydrogen-bond donors (Lipinski definition) is 1. The molecule has 2 aliphatic rings. The number of imide groups is 1. The maximum absolute atomic E-state index is 13.5. The van der Waals surface area contributed by atoms with Gasteiger partial charge in [0.25, 0.3) is 5.69 Å². The molecular formula is C25H22N4O6S2. The van der Waals surface area contributed by atoms with Crippen LogP contribution in [-0.2, 0) is 26.3 Å². The molecule has 2 unspecified atom stereocenters. The number of aryl methyl sites for hydroxylation is 1. The van der Waals surface area contributed by atoms with Gasteiger partial charge in [0.2, 0.25) is 17.7 Å². The van der Waals surface area contributed by atoms with E-state index in [4.69, 9.17) is 0 Å². The summed E-state index contributed by atoms with van der Waals surface area (Å²) in [5.74, 6) is -1.99. The number of nitro groups is 1. The first-order chi connectivity index (χ1) is 17.5. The molecule has 37 heavy (non-hydrogen) atoms. The number of hydrogen-bond acceptors (Lipinski definition) is 8. The summed E-state index contributed by atoms with van der Waals surface area (Å²) in [5.41, 5.74) is 0.851. The second-order valence-electron chi connectivity index (χ2n) is 9.53. The molecular weight excluding hydrogens is 516 g/mol. The number of carbonyl (C=O) groups excluding carboxylic acids is 3. The van der Waals surface area contributed by atoms with Gasteiger partial charge in [-0.15, -0.1) is 0 Å². The molecule has 1 N–H and O–H groups in total. The number of benzene rings is 2. The number of nitro benzene ring substituents is 1. The second kappa shape index (κ2) is 8.96. The molecule has 0 saturated carbocycles. The van der Waals surface area contributed by atoms with E-state index in [9.17, 15) is 29.3 Å². The van der Waals surface area contributed by atoms with Crippen molar-refractivity contribution in [3.05, 3.63) is 78.8 Å². The molecule has 2 atom stereocenters. The molecule has 0 bridgehead atoms. The van der Waals surface area contributed by atoms with Gasteiger partial charge in [0.1, 0.15) is 11.8 Å². The Morgan fingerprint density at radius 1 is 1.11 bits per heavy atom. The first kappa shape index (κ1) is 24.9. The molecule has 3 amide bonds. The number of nitrogens with one attached hydrogen (secondary N) is 1. The molecule has 5 rings (SSSR count). The molecule has 12 heteroatoms. The minimum atomic E-state index is -0.852. The lowest BCUT2D eigenvalue weighted by Crippen LogP contribution is -2.41. The predicted octanol–water partition coefficient (Wildman–Crippen LogP) is 3.71. The minimum absolute atomic E-state index is 0.148. The standard InChI is InChI=1S/C25H22N4O6S2/c1-13-5-4-6-14(11-13)26-17(30)12-27-23-20(37-24(27)33)25(2,3)18-19(36-23)22(32)28(21(18)31)15-7-9-16(10-8-15)29(34)35/h4-11,18-19H,12H2,1-3H3,(H,26,30). The Balaban J connectivity index is 1.45. The van der Waals surface area contributed by atoms with Crippen molar-refractivity contribution in [2.24, 2.45) is 5.92 Å². The number of nitrogens with zero attached hydrogens (tertiary/aromatic N) is 3. The highest BCUT2D eigenvalue weighted by atomic mass is 32.2. The summed E-state index contributed by atoms with van der Waals surface area (Å²) in [6.07, 6.45) is 0. The van der Waals surface area contributed by atoms with Crippen LogP contribution in [0.25, 0.3) is 0 Å². The monoisotopic (exact) mass is 538 g/mol. The summed E-state index contributed by atoms with van der Waals surface area (Å²) in [5, 5.41) is 13.5. The maximum atomic E-state index is 13.5. The van der Waals surface area contributed by atoms with Gasteiger partial charge in [0.15, 0.2) is 0 Å².